The number of hydrogen-bond donors (Lipinski definition) is 1. The fourth-order valence-corrected chi connectivity index (χ4v) is 2.29. The molecule has 5 heteroatoms. The fourth-order valence-electron chi connectivity index (χ4n) is 2.29. The number of nitrogens with zero attached hydrogens (tertiary/aromatic N) is 2. The number of rotatable bonds is 5. The Balaban J connectivity index is 2.22. The van der Waals surface area contributed by atoms with Gasteiger partial charge in [-0.1, -0.05) is 57.2 Å². The summed E-state index contributed by atoms with van der Waals surface area (Å²) in [6, 6.07) is 12.8. The number of hydrogen-bond acceptors (Lipinski definition) is 3. The maximum Gasteiger partial charge on any atom is 0.323 e. The summed E-state index contributed by atoms with van der Waals surface area (Å²) in [4.78, 5) is 29.3. The lowest BCUT2D eigenvalue weighted by molar-refractivity contribution is -0.137. The lowest BCUT2D eigenvalue weighted by Crippen LogP contribution is -2.35. The molecule has 1 aromatic heterocycles. The molecule has 24 heavy (non-hydrogen) atoms. The second kappa shape index (κ2) is 7.25. The summed E-state index contributed by atoms with van der Waals surface area (Å²) in [7, 11) is 0. The number of pyridine rings is 1. The molecular formula is C19H22N2O3. The van der Waals surface area contributed by atoms with Gasteiger partial charge in [-0.15, -0.1) is 0 Å². The molecule has 0 saturated carbocycles. The van der Waals surface area contributed by atoms with Crippen LogP contribution >= 0.6 is 0 Å². The average Bonchev–Trinajstić information content (AvgIpc) is 2.53. The lowest BCUT2D eigenvalue weighted by Gasteiger charge is -2.22. The molecule has 1 heterocycles. The summed E-state index contributed by atoms with van der Waals surface area (Å²) >= 11 is 0. The van der Waals surface area contributed by atoms with Crippen molar-refractivity contribution in [3.05, 3.63) is 65.5 Å². The van der Waals surface area contributed by atoms with Gasteiger partial charge >= 0.3 is 5.97 Å². The van der Waals surface area contributed by atoms with Crippen molar-refractivity contribution in [3.63, 3.8) is 0 Å². The third-order valence-electron chi connectivity index (χ3n) is 3.68. The number of carbonyl (C=O) groups is 2. The maximum absolute atomic E-state index is 12.6. The van der Waals surface area contributed by atoms with Crippen molar-refractivity contribution < 1.29 is 14.7 Å². The first-order valence-corrected chi connectivity index (χ1v) is 7.79. The first-order valence-electron chi connectivity index (χ1n) is 7.79. The lowest BCUT2D eigenvalue weighted by atomic mass is 9.88. The van der Waals surface area contributed by atoms with Gasteiger partial charge in [0.1, 0.15) is 12.2 Å². The normalized spacial score (nSPS) is 11.1. The van der Waals surface area contributed by atoms with Crippen LogP contribution in [0.2, 0.25) is 0 Å². The van der Waals surface area contributed by atoms with E-state index in [1.54, 1.807) is 12.3 Å². The van der Waals surface area contributed by atoms with Crippen LogP contribution in [0, 0.1) is 0 Å². The minimum absolute atomic E-state index is 0.0562. The van der Waals surface area contributed by atoms with E-state index in [0.717, 1.165) is 11.1 Å². The van der Waals surface area contributed by atoms with Crippen LogP contribution in [-0.4, -0.2) is 33.4 Å². The van der Waals surface area contributed by atoms with E-state index in [1.165, 1.54) is 4.90 Å². The largest absolute Gasteiger partial charge is 0.480 e. The monoisotopic (exact) mass is 326 g/mol. The highest BCUT2D eigenvalue weighted by Gasteiger charge is 2.21. The second-order valence-corrected chi connectivity index (χ2v) is 6.72. The van der Waals surface area contributed by atoms with E-state index in [9.17, 15) is 9.59 Å². The van der Waals surface area contributed by atoms with Gasteiger partial charge in [-0.3, -0.25) is 14.6 Å². The molecule has 2 rings (SSSR count). The van der Waals surface area contributed by atoms with Crippen LogP contribution in [-0.2, 0) is 16.8 Å². The molecule has 5 nitrogen and oxygen atoms in total. The molecule has 0 unspecified atom stereocenters. The first-order chi connectivity index (χ1) is 11.3. The molecule has 0 fully saturated rings. The Labute approximate surface area is 142 Å². The Morgan fingerprint density at radius 3 is 2.25 bits per heavy atom. The molecule has 1 N–H and O–H groups in total. The van der Waals surface area contributed by atoms with Gasteiger partial charge in [0, 0.05) is 12.7 Å². The van der Waals surface area contributed by atoms with Gasteiger partial charge in [0.15, 0.2) is 0 Å². The smallest absolute Gasteiger partial charge is 0.323 e. The minimum atomic E-state index is -1.05. The minimum Gasteiger partial charge on any atom is -0.480 e. The van der Waals surface area contributed by atoms with Crippen LogP contribution in [0.3, 0.4) is 0 Å². The number of carboxylic acid groups (broad SMARTS) is 1. The van der Waals surface area contributed by atoms with Crippen molar-refractivity contribution in [1.82, 2.24) is 9.88 Å². The SMILES string of the molecule is CC(C)(C)c1ccc(C(=O)N(CC(=O)O)Cc2ccccc2)nc1. The third-order valence-corrected chi connectivity index (χ3v) is 3.68. The molecule has 1 aromatic carbocycles. The van der Waals surface area contributed by atoms with Crippen molar-refractivity contribution in [2.24, 2.45) is 0 Å². The molecule has 0 saturated heterocycles. The quantitative estimate of drug-likeness (QED) is 0.916. The summed E-state index contributed by atoms with van der Waals surface area (Å²) < 4.78 is 0. The molecule has 126 valence electrons. The summed E-state index contributed by atoms with van der Waals surface area (Å²) in [6.45, 7) is 6.07. The van der Waals surface area contributed by atoms with E-state index in [0.29, 0.717) is 0 Å². The Kier molecular flexibility index (Phi) is 5.34. The molecule has 0 spiro atoms. The zero-order chi connectivity index (χ0) is 17.7. The molecule has 2 aromatic rings. The van der Waals surface area contributed by atoms with Crippen molar-refractivity contribution in [2.75, 3.05) is 6.54 Å². The second-order valence-electron chi connectivity index (χ2n) is 6.72. The highest BCUT2D eigenvalue weighted by molar-refractivity contribution is 5.94. The Bertz CT molecular complexity index is 704. The first kappa shape index (κ1) is 17.7. The Hall–Kier alpha value is -2.69. The topological polar surface area (TPSA) is 70.5 Å². The number of benzene rings is 1. The van der Waals surface area contributed by atoms with E-state index in [1.807, 2.05) is 36.4 Å². The Morgan fingerprint density at radius 1 is 1.08 bits per heavy atom. The fraction of sp³-hybridized carbons (Fsp3) is 0.316. The number of carboxylic acids is 1. The summed E-state index contributed by atoms with van der Waals surface area (Å²) in [5, 5.41) is 9.09. The van der Waals surface area contributed by atoms with Gasteiger partial charge in [-0.05, 0) is 22.6 Å². The van der Waals surface area contributed by atoms with Gasteiger partial charge in [0.2, 0.25) is 0 Å². The highest BCUT2D eigenvalue weighted by atomic mass is 16.4. The van der Waals surface area contributed by atoms with Crippen LogP contribution in [0.25, 0.3) is 0 Å². The molecule has 1 amide bonds. The highest BCUT2D eigenvalue weighted by Crippen LogP contribution is 2.21. The summed E-state index contributed by atoms with van der Waals surface area (Å²) in [5.74, 6) is -1.44. The van der Waals surface area contributed by atoms with Gasteiger partial charge in [-0.25, -0.2) is 0 Å². The van der Waals surface area contributed by atoms with E-state index >= 15 is 0 Å². The zero-order valence-electron chi connectivity index (χ0n) is 14.2. The molecule has 0 aliphatic carbocycles. The molecule has 0 radical (unpaired) electrons. The number of aliphatic carboxylic acids is 1. The maximum atomic E-state index is 12.6. The van der Waals surface area contributed by atoms with Crippen molar-refractivity contribution in [2.45, 2.75) is 32.7 Å². The molecule has 0 bridgehead atoms. The number of aromatic nitrogens is 1. The van der Waals surface area contributed by atoms with Crippen LogP contribution in [0.4, 0.5) is 0 Å². The van der Waals surface area contributed by atoms with Crippen LogP contribution in [0.15, 0.2) is 48.7 Å². The molecule has 0 aliphatic heterocycles. The summed E-state index contributed by atoms with van der Waals surface area (Å²) in [5.41, 5.74) is 2.09. The van der Waals surface area contributed by atoms with E-state index < -0.39 is 5.97 Å². The van der Waals surface area contributed by atoms with Crippen LogP contribution in [0.5, 0.6) is 0 Å². The van der Waals surface area contributed by atoms with E-state index in [2.05, 4.69) is 25.8 Å². The molecule has 0 aliphatic rings. The number of amides is 1. The van der Waals surface area contributed by atoms with Gasteiger partial charge in [0.25, 0.3) is 5.91 Å². The predicted octanol–water partition coefficient (Wildman–Crippen LogP) is 3.11. The molecule has 0 atom stereocenters. The van der Waals surface area contributed by atoms with Gasteiger partial charge in [0.05, 0.1) is 0 Å². The van der Waals surface area contributed by atoms with E-state index in [-0.39, 0.29) is 30.1 Å². The van der Waals surface area contributed by atoms with Crippen LogP contribution < -0.4 is 0 Å². The summed E-state index contributed by atoms with van der Waals surface area (Å²) in [6.07, 6.45) is 1.68. The van der Waals surface area contributed by atoms with Crippen molar-refractivity contribution in [1.29, 1.82) is 0 Å². The van der Waals surface area contributed by atoms with Gasteiger partial charge < -0.3 is 10.0 Å². The van der Waals surface area contributed by atoms with Gasteiger partial charge in [-0.2, -0.15) is 0 Å². The van der Waals surface area contributed by atoms with E-state index in [4.69, 9.17) is 5.11 Å². The Morgan fingerprint density at radius 2 is 1.75 bits per heavy atom. The van der Waals surface area contributed by atoms with Crippen LogP contribution in [0.1, 0.15) is 42.4 Å². The number of carbonyl (C=O) groups excluding carboxylic acids is 1. The zero-order valence-corrected chi connectivity index (χ0v) is 14.2. The predicted molar refractivity (Wildman–Crippen MR) is 91.8 cm³/mol. The molecular weight excluding hydrogens is 304 g/mol. The average molecular weight is 326 g/mol. The van der Waals surface area contributed by atoms with Crippen molar-refractivity contribution >= 4 is 11.9 Å². The standard InChI is InChI=1S/C19H22N2O3/c1-19(2,3)15-9-10-16(20-11-15)18(24)21(13-17(22)23)12-14-7-5-4-6-8-14/h4-11H,12-13H2,1-3H3,(H,22,23). The third kappa shape index (κ3) is 4.65. The van der Waals surface area contributed by atoms with Crippen molar-refractivity contribution in [3.8, 4) is 0 Å².